The molecule has 0 radical (unpaired) electrons. The zero-order valence-electron chi connectivity index (χ0n) is 6.67. The van der Waals surface area contributed by atoms with Crippen LogP contribution in [0.15, 0.2) is 15.9 Å². The second-order valence-corrected chi connectivity index (χ2v) is 5.02. The molecule has 66 valence electrons. The van der Waals surface area contributed by atoms with Crippen LogP contribution in [0.5, 0.6) is 0 Å². The first kappa shape index (κ1) is 10.3. The Kier molecular flexibility index (Phi) is 4.32. The third-order valence-corrected chi connectivity index (χ3v) is 3.89. The van der Waals surface area contributed by atoms with Gasteiger partial charge in [-0.05, 0) is 33.6 Å². The number of halogens is 1. The highest BCUT2D eigenvalue weighted by Crippen LogP contribution is 2.24. The van der Waals surface area contributed by atoms with Crippen molar-refractivity contribution in [3.63, 3.8) is 0 Å². The molecular formula is C8H9BrOS2. The predicted molar refractivity (Wildman–Crippen MR) is 59.3 cm³/mol. The third-order valence-electron chi connectivity index (χ3n) is 1.40. The average molecular weight is 265 g/mol. The van der Waals surface area contributed by atoms with E-state index in [0.29, 0.717) is 6.42 Å². The van der Waals surface area contributed by atoms with Gasteiger partial charge in [-0.3, -0.25) is 4.79 Å². The summed E-state index contributed by atoms with van der Waals surface area (Å²) in [5.74, 6) is 1.15. The number of hydrogen-bond acceptors (Lipinski definition) is 3. The lowest BCUT2D eigenvalue weighted by molar-refractivity contribution is 0.0993. The molecule has 0 spiro atoms. The molecule has 0 N–H and O–H groups in total. The summed E-state index contributed by atoms with van der Waals surface area (Å²) in [5, 5.41) is 1.93. The summed E-state index contributed by atoms with van der Waals surface area (Å²) in [4.78, 5) is 12.3. The van der Waals surface area contributed by atoms with Gasteiger partial charge in [0, 0.05) is 16.6 Å². The molecule has 12 heavy (non-hydrogen) atoms. The monoisotopic (exact) mass is 264 g/mol. The van der Waals surface area contributed by atoms with Gasteiger partial charge >= 0.3 is 0 Å². The van der Waals surface area contributed by atoms with Crippen LogP contribution in [-0.4, -0.2) is 17.8 Å². The molecule has 1 heterocycles. The van der Waals surface area contributed by atoms with E-state index < -0.39 is 0 Å². The molecule has 0 aliphatic rings. The summed E-state index contributed by atoms with van der Waals surface area (Å²) >= 11 is 6.55. The van der Waals surface area contributed by atoms with Crippen LogP contribution in [0.25, 0.3) is 0 Å². The molecule has 0 atom stereocenters. The highest BCUT2D eigenvalue weighted by Gasteiger charge is 2.10. The molecule has 0 unspecified atom stereocenters. The summed E-state index contributed by atoms with van der Waals surface area (Å²) < 4.78 is 0.929. The number of Topliss-reactive ketones (excluding diaryl/α,β-unsaturated/α-hetero) is 1. The molecule has 1 nitrogen and oxygen atoms in total. The maximum absolute atomic E-state index is 11.5. The van der Waals surface area contributed by atoms with Crippen molar-refractivity contribution < 1.29 is 4.79 Å². The fourth-order valence-electron chi connectivity index (χ4n) is 0.801. The number of ketones is 1. The Morgan fingerprint density at radius 2 is 2.50 bits per heavy atom. The van der Waals surface area contributed by atoms with Crippen LogP contribution in [0.2, 0.25) is 0 Å². The quantitative estimate of drug-likeness (QED) is 0.776. The minimum absolute atomic E-state index is 0.242. The van der Waals surface area contributed by atoms with Gasteiger partial charge in [0.1, 0.15) is 0 Å². The Morgan fingerprint density at radius 1 is 1.75 bits per heavy atom. The lowest BCUT2D eigenvalue weighted by Crippen LogP contribution is -1.97. The van der Waals surface area contributed by atoms with E-state index >= 15 is 0 Å². The maximum atomic E-state index is 11.5. The highest BCUT2D eigenvalue weighted by molar-refractivity contribution is 9.10. The Balaban J connectivity index is 2.59. The number of thioether (sulfide) groups is 1. The largest absolute Gasteiger partial charge is 0.293 e. The number of rotatable bonds is 4. The van der Waals surface area contributed by atoms with E-state index in [4.69, 9.17) is 0 Å². The normalized spacial score (nSPS) is 10.2. The van der Waals surface area contributed by atoms with Gasteiger partial charge < -0.3 is 0 Å². The van der Waals surface area contributed by atoms with Crippen LogP contribution in [0, 0.1) is 0 Å². The Bertz CT molecular complexity index is 270. The molecule has 1 aromatic heterocycles. The van der Waals surface area contributed by atoms with Gasteiger partial charge in [0.15, 0.2) is 5.78 Å². The van der Waals surface area contributed by atoms with E-state index in [9.17, 15) is 4.79 Å². The SMILES string of the molecule is CSCCC(=O)c1sccc1Br. The van der Waals surface area contributed by atoms with Gasteiger partial charge in [-0.2, -0.15) is 11.8 Å². The second-order valence-electron chi connectivity index (χ2n) is 2.26. The summed E-state index contributed by atoms with van der Waals surface area (Å²) in [7, 11) is 0. The van der Waals surface area contributed by atoms with E-state index in [2.05, 4.69) is 15.9 Å². The Labute approximate surface area is 88.7 Å². The molecule has 0 amide bonds. The molecule has 4 heteroatoms. The van der Waals surface area contributed by atoms with Crippen molar-refractivity contribution in [1.29, 1.82) is 0 Å². The van der Waals surface area contributed by atoms with E-state index in [1.54, 1.807) is 11.8 Å². The Morgan fingerprint density at radius 3 is 3.00 bits per heavy atom. The van der Waals surface area contributed by atoms with E-state index in [1.807, 2.05) is 17.7 Å². The zero-order valence-corrected chi connectivity index (χ0v) is 9.89. The van der Waals surface area contributed by atoms with Gasteiger partial charge in [0.25, 0.3) is 0 Å². The van der Waals surface area contributed by atoms with Crippen molar-refractivity contribution in [1.82, 2.24) is 0 Å². The van der Waals surface area contributed by atoms with Gasteiger partial charge in [0.2, 0.25) is 0 Å². The van der Waals surface area contributed by atoms with E-state index in [-0.39, 0.29) is 5.78 Å². The minimum Gasteiger partial charge on any atom is -0.293 e. The van der Waals surface area contributed by atoms with Crippen molar-refractivity contribution in [2.45, 2.75) is 6.42 Å². The summed E-state index contributed by atoms with van der Waals surface area (Å²) in [6, 6.07) is 1.91. The standard InChI is InChI=1S/C8H9BrOS2/c1-11-4-3-7(10)8-6(9)2-5-12-8/h2,5H,3-4H2,1H3. The van der Waals surface area contributed by atoms with Crippen molar-refractivity contribution in [2.24, 2.45) is 0 Å². The van der Waals surface area contributed by atoms with Crippen LogP contribution < -0.4 is 0 Å². The molecule has 0 aliphatic carbocycles. The molecule has 0 aliphatic heterocycles. The smallest absolute Gasteiger partial charge is 0.174 e. The molecule has 0 saturated carbocycles. The van der Waals surface area contributed by atoms with Crippen molar-refractivity contribution >= 4 is 44.8 Å². The first-order valence-electron chi connectivity index (χ1n) is 3.51. The van der Waals surface area contributed by atoms with Crippen LogP contribution >= 0.6 is 39.0 Å². The van der Waals surface area contributed by atoms with E-state index in [0.717, 1.165) is 15.1 Å². The van der Waals surface area contributed by atoms with Crippen LogP contribution in [0.1, 0.15) is 16.1 Å². The van der Waals surface area contributed by atoms with Crippen molar-refractivity contribution in [3.05, 3.63) is 20.8 Å². The van der Waals surface area contributed by atoms with Gasteiger partial charge in [-0.1, -0.05) is 0 Å². The topological polar surface area (TPSA) is 17.1 Å². The molecule has 1 rings (SSSR count). The van der Waals surface area contributed by atoms with Gasteiger partial charge in [-0.25, -0.2) is 0 Å². The van der Waals surface area contributed by atoms with Gasteiger partial charge in [0.05, 0.1) is 4.88 Å². The fraction of sp³-hybridized carbons (Fsp3) is 0.375. The predicted octanol–water partition coefficient (Wildman–Crippen LogP) is 3.45. The molecule has 0 fully saturated rings. The first-order valence-corrected chi connectivity index (χ1v) is 6.57. The molecule has 0 saturated heterocycles. The number of carbonyl (C=O) groups excluding carboxylic acids is 1. The zero-order chi connectivity index (χ0) is 8.97. The first-order chi connectivity index (χ1) is 5.75. The summed E-state index contributed by atoms with van der Waals surface area (Å²) in [6.45, 7) is 0. The minimum atomic E-state index is 0.242. The van der Waals surface area contributed by atoms with Crippen LogP contribution in [-0.2, 0) is 0 Å². The lowest BCUT2D eigenvalue weighted by atomic mass is 10.3. The summed E-state index contributed by atoms with van der Waals surface area (Å²) in [5.41, 5.74) is 0. The molecule has 0 aromatic carbocycles. The fourth-order valence-corrected chi connectivity index (χ4v) is 2.75. The van der Waals surface area contributed by atoms with Crippen molar-refractivity contribution in [2.75, 3.05) is 12.0 Å². The van der Waals surface area contributed by atoms with Crippen LogP contribution in [0.4, 0.5) is 0 Å². The van der Waals surface area contributed by atoms with E-state index in [1.165, 1.54) is 11.3 Å². The van der Waals surface area contributed by atoms with Gasteiger partial charge in [-0.15, -0.1) is 11.3 Å². The summed E-state index contributed by atoms with van der Waals surface area (Å²) in [6.07, 6.45) is 2.65. The maximum Gasteiger partial charge on any atom is 0.174 e. The number of thiophene rings is 1. The molecule has 1 aromatic rings. The molecular weight excluding hydrogens is 256 g/mol. The lowest BCUT2D eigenvalue weighted by Gasteiger charge is -1.95. The average Bonchev–Trinajstić information content (AvgIpc) is 2.47. The molecule has 0 bridgehead atoms. The number of hydrogen-bond donors (Lipinski definition) is 0. The number of carbonyl (C=O) groups is 1. The van der Waals surface area contributed by atoms with Crippen LogP contribution in [0.3, 0.4) is 0 Å². The third kappa shape index (κ3) is 2.61. The van der Waals surface area contributed by atoms with Crippen molar-refractivity contribution in [3.8, 4) is 0 Å². The Hall–Kier alpha value is 0.200. The highest BCUT2D eigenvalue weighted by atomic mass is 79.9. The second kappa shape index (κ2) is 5.04.